The quantitative estimate of drug-likeness (QED) is 0.612. The number of rotatable bonds is 3. The zero-order valence-electron chi connectivity index (χ0n) is 14.2. The summed E-state index contributed by atoms with van der Waals surface area (Å²) in [5.41, 5.74) is 0.342. The second-order valence-electron chi connectivity index (χ2n) is 6.50. The van der Waals surface area contributed by atoms with Gasteiger partial charge in [0.2, 0.25) is 5.91 Å². The van der Waals surface area contributed by atoms with Crippen LogP contribution in [0.15, 0.2) is 36.7 Å². The maximum absolute atomic E-state index is 13.0. The highest BCUT2D eigenvalue weighted by Crippen LogP contribution is 2.31. The van der Waals surface area contributed by atoms with E-state index < -0.39 is 18.0 Å². The van der Waals surface area contributed by atoms with Gasteiger partial charge in [-0.3, -0.25) is 9.78 Å². The van der Waals surface area contributed by atoms with Crippen LogP contribution >= 0.6 is 11.6 Å². The van der Waals surface area contributed by atoms with Crippen molar-refractivity contribution in [2.45, 2.75) is 18.9 Å². The summed E-state index contributed by atoms with van der Waals surface area (Å²) in [6.45, 7) is 0.0456. The number of hydrogen-bond acceptors (Lipinski definition) is 3. The number of halogens is 5. The molecule has 0 aliphatic carbocycles. The standard InChI is InChI=1S/C18H13ClF4N4O/c19-12-8-26(9-16(28)27-6-11(20)7-27)14-4-10(5-24-17(12)14)13-2-1-3-15(25-13)18(21,22)23/h1-5,8,11H,6-7,9H2. The number of alkyl halides is 4. The van der Waals surface area contributed by atoms with E-state index in [-0.39, 0.29) is 31.2 Å². The molecule has 0 bridgehead atoms. The predicted molar refractivity (Wildman–Crippen MR) is 94.5 cm³/mol. The molecular weight excluding hydrogens is 400 g/mol. The summed E-state index contributed by atoms with van der Waals surface area (Å²) >= 11 is 6.16. The highest BCUT2D eigenvalue weighted by Gasteiger charge is 2.33. The van der Waals surface area contributed by atoms with Crippen LogP contribution in [0.3, 0.4) is 0 Å². The van der Waals surface area contributed by atoms with Crippen molar-refractivity contribution in [3.8, 4) is 11.3 Å². The van der Waals surface area contributed by atoms with Crippen LogP contribution in [0.2, 0.25) is 5.02 Å². The van der Waals surface area contributed by atoms with E-state index >= 15 is 0 Å². The summed E-state index contributed by atoms with van der Waals surface area (Å²) in [5, 5.41) is 0.304. The Morgan fingerprint density at radius 1 is 1.29 bits per heavy atom. The maximum atomic E-state index is 13.0. The molecule has 0 spiro atoms. The van der Waals surface area contributed by atoms with Crippen molar-refractivity contribution in [2.24, 2.45) is 0 Å². The fourth-order valence-electron chi connectivity index (χ4n) is 3.02. The van der Waals surface area contributed by atoms with E-state index in [1.165, 1.54) is 29.4 Å². The Kier molecular flexibility index (Phi) is 4.49. The van der Waals surface area contributed by atoms with Gasteiger partial charge >= 0.3 is 6.18 Å². The Bertz CT molecular complexity index is 1060. The highest BCUT2D eigenvalue weighted by molar-refractivity contribution is 6.35. The summed E-state index contributed by atoms with van der Waals surface area (Å²) in [4.78, 5) is 21.5. The zero-order valence-corrected chi connectivity index (χ0v) is 15.0. The molecule has 0 unspecified atom stereocenters. The fourth-order valence-corrected chi connectivity index (χ4v) is 3.29. The predicted octanol–water partition coefficient (Wildman–Crippen LogP) is 3.95. The second-order valence-corrected chi connectivity index (χ2v) is 6.91. The molecule has 0 N–H and O–H groups in total. The van der Waals surface area contributed by atoms with Crippen molar-refractivity contribution in [3.05, 3.63) is 47.4 Å². The van der Waals surface area contributed by atoms with Gasteiger partial charge in [0.05, 0.1) is 29.3 Å². The molecule has 3 aromatic heterocycles. The minimum Gasteiger partial charge on any atom is -0.335 e. The molecule has 28 heavy (non-hydrogen) atoms. The molecule has 10 heteroatoms. The number of pyridine rings is 2. The van der Waals surface area contributed by atoms with Crippen molar-refractivity contribution in [2.75, 3.05) is 13.1 Å². The Balaban J connectivity index is 1.69. The van der Waals surface area contributed by atoms with E-state index in [2.05, 4.69) is 9.97 Å². The van der Waals surface area contributed by atoms with Crippen molar-refractivity contribution in [3.63, 3.8) is 0 Å². The number of fused-ring (bicyclic) bond motifs is 1. The summed E-state index contributed by atoms with van der Waals surface area (Å²) in [6.07, 6.45) is -2.66. The molecule has 0 aromatic carbocycles. The first-order valence-corrected chi connectivity index (χ1v) is 8.71. The van der Waals surface area contributed by atoms with Crippen LogP contribution in [0.4, 0.5) is 17.6 Å². The van der Waals surface area contributed by atoms with E-state index in [4.69, 9.17) is 11.6 Å². The Morgan fingerprint density at radius 3 is 2.71 bits per heavy atom. The third kappa shape index (κ3) is 3.42. The largest absolute Gasteiger partial charge is 0.433 e. The number of carbonyl (C=O) groups excluding carboxylic acids is 1. The average molecular weight is 413 g/mol. The van der Waals surface area contributed by atoms with Crippen LogP contribution in [-0.4, -0.2) is 44.6 Å². The van der Waals surface area contributed by atoms with Crippen molar-refractivity contribution < 1.29 is 22.4 Å². The van der Waals surface area contributed by atoms with E-state index in [0.717, 1.165) is 6.07 Å². The van der Waals surface area contributed by atoms with Crippen LogP contribution < -0.4 is 0 Å². The first kappa shape index (κ1) is 18.7. The van der Waals surface area contributed by atoms with E-state index in [1.54, 1.807) is 10.6 Å². The van der Waals surface area contributed by atoms with Crippen LogP contribution in [0.5, 0.6) is 0 Å². The Morgan fingerprint density at radius 2 is 2.04 bits per heavy atom. The number of likely N-dealkylation sites (tertiary alicyclic amines) is 1. The number of aromatic nitrogens is 3. The zero-order chi connectivity index (χ0) is 20.1. The molecule has 3 aromatic rings. The van der Waals surface area contributed by atoms with Gasteiger partial charge in [-0.2, -0.15) is 13.2 Å². The molecule has 0 saturated carbocycles. The summed E-state index contributed by atoms with van der Waals surface area (Å²) in [6, 6.07) is 5.18. The average Bonchev–Trinajstić information content (AvgIpc) is 2.93. The summed E-state index contributed by atoms with van der Waals surface area (Å²) < 4.78 is 53.3. The number of hydrogen-bond donors (Lipinski definition) is 0. The Labute approximate surface area is 161 Å². The smallest absolute Gasteiger partial charge is 0.335 e. The van der Waals surface area contributed by atoms with Gasteiger partial charge in [0, 0.05) is 18.0 Å². The van der Waals surface area contributed by atoms with Gasteiger partial charge in [0.1, 0.15) is 23.9 Å². The lowest BCUT2D eigenvalue weighted by Crippen LogP contribution is -2.52. The van der Waals surface area contributed by atoms with Crippen molar-refractivity contribution >= 4 is 28.5 Å². The maximum Gasteiger partial charge on any atom is 0.433 e. The molecule has 0 radical (unpaired) electrons. The first-order valence-electron chi connectivity index (χ1n) is 8.33. The topological polar surface area (TPSA) is 51.0 Å². The minimum absolute atomic E-state index is 0.0589. The molecule has 0 atom stereocenters. The molecule has 146 valence electrons. The normalized spacial score (nSPS) is 15.1. The number of nitrogens with zero attached hydrogens (tertiary/aromatic N) is 4. The monoisotopic (exact) mass is 412 g/mol. The minimum atomic E-state index is -4.56. The first-order chi connectivity index (χ1) is 13.2. The van der Waals surface area contributed by atoms with Gasteiger partial charge in [0.25, 0.3) is 0 Å². The lowest BCUT2D eigenvalue weighted by atomic mass is 10.1. The third-order valence-corrected chi connectivity index (χ3v) is 4.78. The van der Waals surface area contributed by atoms with Crippen LogP contribution in [0.1, 0.15) is 5.69 Å². The molecule has 5 nitrogen and oxygen atoms in total. The van der Waals surface area contributed by atoms with E-state index in [1.807, 2.05) is 0 Å². The Hall–Kier alpha value is -2.68. The molecule has 4 heterocycles. The van der Waals surface area contributed by atoms with Gasteiger partial charge in [0.15, 0.2) is 0 Å². The van der Waals surface area contributed by atoms with Crippen LogP contribution in [0, 0.1) is 0 Å². The van der Waals surface area contributed by atoms with Crippen LogP contribution in [0.25, 0.3) is 22.3 Å². The lowest BCUT2D eigenvalue weighted by molar-refractivity contribution is -0.141. The van der Waals surface area contributed by atoms with E-state index in [0.29, 0.717) is 21.6 Å². The molecule has 4 rings (SSSR count). The number of carbonyl (C=O) groups is 1. The highest BCUT2D eigenvalue weighted by atomic mass is 35.5. The van der Waals surface area contributed by atoms with Gasteiger partial charge in [-0.25, -0.2) is 9.37 Å². The fraction of sp³-hybridized carbons (Fsp3) is 0.278. The summed E-state index contributed by atoms with van der Waals surface area (Å²) in [5.74, 6) is -0.273. The van der Waals surface area contributed by atoms with Gasteiger partial charge < -0.3 is 9.47 Å². The molecular formula is C18H13ClF4N4O. The molecule has 1 saturated heterocycles. The molecule has 1 aliphatic rings. The number of amides is 1. The molecule has 1 aliphatic heterocycles. The summed E-state index contributed by atoms with van der Waals surface area (Å²) in [7, 11) is 0. The third-order valence-electron chi connectivity index (χ3n) is 4.50. The van der Waals surface area contributed by atoms with Gasteiger partial charge in [-0.05, 0) is 18.2 Å². The molecule has 1 fully saturated rings. The van der Waals surface area contributed by atoms with Crippen LogP contribution in [-0.2, 0) is 17.5 Å². The van der Waals surface area contributed by atoms with Gasteiger partial charge in [-0.15, -0.1) is 0 Å². The molecule has 1 amide bonds. The van der Waals surface area contributed by atoms with Crippen molar-refractivity contribution in [1.82, 2.24) is 19.4 Å². The lowest BCUT2D eigenvalue weighted by Gasteiger charge is -2.34. The second kappa shape index (κ2) is 6.73. The van der Waals surface area contributed by atoms with E-state index in [9.17, 15) is 22.4 Å². The van der Waals surface area contributed by atoms with Gasteiger partial charge in [-0.1, -0.05) is 17.7 Å². The SMILES string of the molecule is O=C(Cn1cc(Cl)c2ncc(-c3cccc(C(F)(F)F)n3)cc21)N1CC(F)C1. The van der Waals surface area contributed by atoms with Crippen molar-refractivity contribution in [1.29, 1.82) is 0 Å².